The van der Waals surface area contributed by atoms with Crippen LogP contribution in [0.4, 0.5) is 5.69 Å². The van der Waals surface area contributed by atoms with Crippen molar-refractivity contribution in [3.05, 3.63) is 29.8 Å². The molecule has 3 nitrogen and oxygen atoms in total. The first-order chi connectivity index (χ1) is 8.44. The Bertz CT molecular complexity index is 417. The molecule has 0 radical (unpaired) electrons. The van der Waals surface area contributed by atoms with E-state index in [1.807, 2.05) is 0 Å². The maximum absolute atomic E-state index is 9.48. The molecule has 100 valence electrons. The van der Waals surface area contributed by atoms with Crippen LogP contribution in [0.2, 0.25) is 0 Å². The molecular weight excluding hydrogens is 224 g/mol. The molecule has 0 spiro atoms. The Kier molecular flexibility index (Phi) is 3.64. The van der Waals surface area contributed by atoms with Gasteiger partial charge in [0.05, 0.1) is 12.6 Å². The van der Waals surface area contributed by atoms with Crippen LogP contribution in [0.25, 0.3) is 0 Å². The summed E-state index contributed by atoms with van der Waals surface area (Å²) in [5, 5.41) is 9.48. The summed E-state index contributed by atoms with van der Waals surface area (Å²) in [6.07, 6.45) is 0. The average molecular weight is 248 g/mol. The molecule has 0 bridgehead atoms. The van der Waals surface area contributed by atoms with Gasteiger partial charge in [0, 0.05) is 24.3 Å². The van der Waals surface area contributed by atoms with Gasteiger partial charge in [0.15, 0.2) is 0 Å². The van der Waals surface area contributed by atoms with E-state index in [0.717, 1.165) is 13.1 Å². The number of hydrogen-bond acceptors (Lipinski definition) is 3. The third kappa shape index (κ3) is 2.52. The van der Waals surface area contributed by atoms with E-state index in [0.29, 0.717) is 0 Å². The summed E-state index contributed by atoms with van der Waals surface area (Å²) in [5.41, 5.74) is 2.63. The highest BCUT2D eigenvalue weighted by molar-refractivity contribution is 5.51. The Balaban J connectivity index is 2.30. The van der Waals surface area contributed by atoms with Gasteiger partial charge in [-0.25, -0.2) is 0 Å². The Morgan fingerprint density at radius 3 is 2.72 bits per heavy atom. The van der Waals surface area contributed by atoms with E-state index in [4.69, 9.17) is 0 Å². The topological polar surface area (TPSA) is 26.7 Å². The van der Waals surface area contributed by atoms with Gasteiger partial charge < -0.3 is 10.0 Å². The summed E-state index contributed by atoms with van der Waals surface area (Å²) in [6.45, 7) is 8.71. The third-order valence-electron chi connectivity index (χ3n) is 3.91. The molecule has 1 atom stereocenters. The first kappa shape index (κ1) is 13.4. The monoisotopic (exact) mass is 248 g/mol. The van der Waals surface area contributed by atoms with Gasteiger partial charge >= 0.3 is 0 Å². The van der Waals surface area contributed by atoms with Crippen molar-refractivity contribution in [1.82, 2.24) is 4.90 Å². The first-order valence-corrected chi connectivity index (χ1v) is 6.59. The average Bonchev–Trinajstić information content (AvgIpc) is 2.28. The van der Waals surface area contributed by atoms with Crippen LogP contribution in [0.5, 0.6) is 0 Å². The highest BCUT2D eigenvalue weighted by Crippen LogP contribution is 2.29. The Morgan fingerprint density at radius 1 is 1.39 bits per heavy atom. The molecule has 1 unspecified atom stereocenters. The lowest BCUT2D eigenvalue weighted by atomic mass is 9.95. The van der Waals surface area contributed by atoms with Crippen molar-refractivity contribution in [3.8, 4) is 0 Å². The molecule has 1 aromatic carbocycles. The minimum absolute atomic E-state index is 0.0915. The lowest BCUT2D eigenvalue weighted by molar-refractivity contribution is 0.0980. The second kappa shape index (κ2) is 4.90. The van der Waals surface area contributed by atoms with Gasteiger partial charge in [-0.1, -0.05) is 12.1 Å². The fourth-order valence-corrected chi connectivity index (χ4v) is 2.87. The maximum atomic E-state index is 9.48. The van der Waals surface area contributed by atoms with Gasteiger partial charge in [-0.15, -0.1) is 0 Å². The number of piperazine rings is 1. The molecule has 2 rings (SSSR count). The molecule has 1 aliphatic heterocycles. The highest BCUT2D eigenvalue weighted by Gasteiger charge is 2.37. The molecule has 18 heavy (non-hydrogen) atoms. The highest BCUT2D eigenvalue weighted by atomic mass is 16.3. The fourth-order valence-electron chi connectivity index (χ4n) is 2.87. The molecule has 1 heterocycles. The van der Waals surface area contributed by atoms with Crippen LogP contribution in [0.1, 0.15) is 19.4 Å². The van der Waals surface area contributed by atoms with Crippen molar-refractivity contribution in [2.45, 2.75) is 32.4 Å². The molecule has 1 aliphatic rings. The van der Waals surface area contributed by atoms with E-state index in [-0.39, 0.29) is 18.2 Å². The van der Waals surface area contributed by atoms with Gasteiger partial charge in [0.25, 0.3) is 0 Å². The van der Waals surface area contributed by atoms with Gasteiger partial charge in [-0.05, 0) is 45.5 Å². The molecule has 3 heteroatoms. The molecule has 1 fully saturated rings. The fraction of sp³-hybridized carbons (Fsp3) is 0.600. The standard InChI is InChI=1S/C15H24N2O/c1-12-6-5-7-13(8-12)17-9-14(10-18)16(4)11-15(17,2)3/h5-8,14,18H,9-11H2,1-4H3. The summed E-state index contributed by atoms with van der Waals surface area (Å²) in [5.74, 6) is 0. The summed E-state index contributed by atoms with van der Waals surface area (Å²) in [6, 6.07) is 8.83. The summed E-state index contributed by atoms with van der Waals surface area (Å²) >= 11 is 0. The number of aryl methyl sites for hydroxylation is 1. The van der Waals surface area contributed by atoms with Crippen LogP contribution in [0, 0.1) is 6.92 Å². The molecule has 1 N–H and O–H groups in total. The number of likely N-dealkylation sites (N-methyl/N-ethyl adjacent to an activating group) is 1. The predicted molar refractivity (Wildman–Crippen MR) is 76.1 cm³/mol. The van der Waals surface area contributed by atoms with Gasteiger partial charge in [-0.3, -0.25) is 4.90 Å². The molecule has 0 aliphatic carbocycles. The molecule has 0 amide bonds. The van der Waals surface area contributed by atoms with E-state index in [2.05, 4.69) is 61.9 Å². The van der Waals surface area contributed by atoms with Crippen molar-refractivity contribution in [3.63, 3.8) is 0 Å². The van der Waals surface area contributed by atoms with Crippen molar-refractivity contribution in [1.29, 1.82) is 0 Å². The molecule has 0 saturated carbocycles. The second-order valence-electron chi connectivity index (χ2n) is 6.01. The minimum atomic E-state index is 0.0915. The number of aliphatic hydroxyl groups is 1. The van der Waals surface area contributed by atoms with Crippen LogP contribution in [0.15, 0.2) is 24.3 Å². The normalized spacial score (nSPS) is 24.3. The predicted octanol–water partition coefficient (Wildman–Crippen LogP) is 1.89. The SMILES string of the molecule is Cc1cccc(N2CC(CO)N(C)CC2(C)C)c1. The number of rotatable bonds is 2. The lowest BCUT2D eigenvalue weighted by Crippen LogP contribution is -2.63. The van der Waals surface area contributed by atoms with E-state index in [1.54, 1.807) is 0 Å². The summed E-state index contributed by atoms with van der Waals surface area (Å²) in [4.78, 5) is 4.67. The van der Waals surface area contributed by atoms with Crippen LogP contribution >= 0.6 is 0 Å². The number of nitrogens with zero attached hydrogens (tertiary/aromatic N) is 2. The van der Waals surface area contributed by atoms with E-state index >= 15 is 0 Å². The molecule has 1 aromatic rings. The number of anilines is 1. The molecule has 1 saturated heterocycles. The zero-order valence-corrected chi connectivity index (χ0v) is 11.8. The number of benzene rings is 1. The largest absolute Gasteiger partial charge is 0.395 e. The summed E-state index contributed by atoms with van der Waals surface area (Å²) in [7, 11) is 2.09. The van der Waals surface area contributed by atoms with Crippen molar-refractivity contribution >= 4 is 5.69 Å². The van der Waals surface area contributed by atoms with Gasteiger partial charge in [0.2, 0.25) is 0 Å². The second-order valence-corrected chi connectivity index (χ2v) is 6.01. The van der Waals surface area contributed by atoms with E-state index < -0.39 is 0 Å². The van der Waals surface area contributed by atoms with Gasteiger partial charge in [-0.2, -0.15) is 0 Å². The zero-order valence-electron chi connectivity index (χ0n) is 11.8. The maximum Gasteiger partial charge on any atom is 0.0604 e. The van der Waals surface area contributed by atoms with Gasteiger partial charge in [0.1, 0.15) is 0 Å². The number of aliphatic hydroxyl groups excluding tert-OH is 1. The van der Waals surface area contributed by atoms with Crippen LogP contribution < -0.4 is 4.90 Å². The first-order valence-electron chi connectivity index (χ1n) is 6.59. The van der Waals surface area contributed by atoms with Crippen molar-refractivity contribution in [2.75, 3.05) is 31.6 Å². The van der Waals surface area contributed by atoms with E-state index in [1.165, 1.54) is 11.3 Å². The van der Waals surface area contributed by atoms with Crippen LogP contribution in [0.3, 0.4) is 0 Å². The van der Waals surface area contributed by atoms with E-state index in [9.17, 15) is 5.11 Å². The smallest absolute Gasteiger partial charge is 0.0604 e. The zero-order chi connectivity index (χ0) is 13.3. The quantitative estimate of drug-likeness (QED) is 0.866. The van der Waals surface area contributed by atoms with Crippen molar-refractivity contribution in [2.24, 2.45) is 0 Å². The minimum Gasteiger partial charge on any atom is -0.395 e. The Hall–Kier alpha value is -1.06. The van der Waals surface area contributed by atoms with Crippen LogP contribution in [-0.4, -0.2) is 48.3 Å². The number of hydrogen-bond donors (Lipinski definition) is 1. The third-order valence-corrected chi connectivity index (χ3v) is 3.91. The summed E-state index contributed by atoms with van der Waals surface area (Å²) < 4.78 is 0. The molecular formula is C15H24N2O. The van der Waals surface area contributed by atoms with Crippen LogP contribution in [-0.2, 0) is 0 Å². The lowest BCUT2D eigenvalue weighted by Gasteiger charge is -2.51. The van der Waals surface area contributed by atoms with Crippen molar-refractivity contribution < 1.29 is 5.11 Å². The Labute approximate surface area is 110 Å². The molecule has 0 aromatic heterocycles. The Morgan fingerprint density at radius 2 is 2.11 bits per heavy atom.